The van der Waals surface area contributed by atoms with Crippen molar-refractivity contribution < 1.29 is 4.79 Å². The van der Waals surface area contributed by atoms with E-state index in [9.17, 15) is 4.79 Å². The molecule has 2 aromatic heterocycles. The van der Waals surface area contributed by atoms with Crippen LogP contribution in [0.5, 0.6) is 0 Å². The van der Waals surface area contributed by atoms with Crippen LogP contribution in [0.4, 0.5) is 5.82 Å². The molecule has 7 heteroatoms. The van der Waals surface area contributed by atoms with Crippen molar-refractivity contribution in [1.82, 2.24) is 14.5 Å². The molecule has 0 atom stereocenters. The lowest BCUT2D eigenvalue weighted by atomic mass is 9.96. The van der Waals surface area contributed by atoms with Gasteiger partial charge in [-0.1, -0.05) is 41.9 Å². The number of piperidine rings is 1. The van der Waals surface area contributed by atoms with Crippen molar-refractivity contribution in [2.75, 3.05) is 18.0 Å². The first-order valence-corrected chi connectivity index (χ1v) is 10.7. The number of nitrogens with two attached hydrogens (primary N) is 1. The summed E-state index contributed by atoms with van der Waals surface area (Å²) in [6, 6.07) is 18.0. The van der Waals surface area contributed by atoms with Crippen molar-refractivity contribution in [2.45, 2.75) is 12.8 Å². The van der Waals surface area contributed by atoms with Crippen LogP contribution >= 0.6 is 11.6 Å². The number of hydrogen-bond donors (Lipinski definition) is 1. The first-order valence-electron chi connectivity index (χ1n) is 10.3. The van der Waals surface area contributed by atoms with Gasteiger partial charge in [0.05, 0.1) is 5.39 Å². The molecule has 1 aliphatic heterocycles. The molecule has 1 aliphatic rings. The van der Waals surface area contributed by atoms with Crippen molar-refractivity contribution in [3.05, 3.63) is 72.1 Å². The summed E-state index contributed by atoms with van der Waals surface area (Å²) in [5.41, 5.74) is 9.51. The molecule has 2 aromatic carbocycles. The summed E-state index contributed by atoms with van der Waals surface area (Å²) in [7, 11) is 0. The summed E-state index contributed by atoms with van der Waals surface area (Å²) in [5, 5.41) is 1.69. The van der Waals surface area contributed by atoms with E-state index in [4.69, 9.17) is 17.3 Å². The second-order valence-electron chi connectivity index (χ2n) is 7.81. The number of aromatic nitrogens is 3. The maximum atomic E-state index is 11.6. The fourth-order valence-electron chi connectivity index (χ4n) is 4.30. The highest BCUT2D eigenvalue weighted by atomic mass is 35.5. The Morgan fingerprint density at radius 1 is 1.00 bits per heavy atom. The first-order chi connectivity index (χ1) is 15.1. The molecule has 3 heterocycles. The van der Waals surface area contributed by atoms with Gasteiger partial charge in [-0.2, -0.15) is 0 Å². The molecule has 5 rings (SSSR count). The zero-order valence-electron chi connectivity index (χ0n) is 16.9. The molecule has 0 radical (unpaired) electrons. The lowest BCUT2D eigenvalue weighted by Crippen LogP contribution is -2.39. The highest BCUT2D eigenvalue weighted by Gasteiger charge is 2.27. The van der Waals surface area contributed by atoms with Crippen molar-refractivity contribution in [3.63, 3.8) is 0 Å². The number of rotatable bonds is 4. The number of primary amides is 1. The Bertz CT molecular complexity index is 1230. The maximum Gasteiger partial charge on any atom is 0.220 e. The summed E-state index contributed by atoms with van der Waals surface area (Å²) >= 11 is 6.10. The fraction of sp³-hybridized carbons (Fsp3) is 0.208. The van der Waals surface area contributed by atoms with Crippen LogP contribution in [0.2, 0.25) is 5.02 Å². The minimum atomic E-state index is -0.216. The van der Waals surface area contributed by atoms with E-state index in [1.165, 1.54) is 0 Å². The number of nitrogens with zero attached hydrogens (tertiary/aromatic N) is 4. The van der Waals surface area contributed by atoms with E-state index in [-0.39, 0.29) is 11.8 Å². The van der Waals surface area contributed by atoms with E-state index in [1.807, 2.05) is 42.5 Å². The third-order valence-corrected chi connectivity index (χ3v) is 6.20. The summed E-state index contributed by atoms with van der Waals surface area (Å²) in [6.07, 6.45) is 5.19. The Morgan fingerprint density at radius 2 is 1.71 bits per heavy atom. The molecule has 0 bridgehead atoms. The number of benzene rings is 2. The van der Waals surface area contributed by atoms with E-state index in [0.29, 0.717) is 5.02 Å². The minimum Gasteiger partial charge on any atom is -0.369 e. The Hall–Kier alpha value is -3.38. The van der Waals surface area contributed by atoms with Crippen LogP contribution in [-0.4, -0.2) is 33.5 Å². The average molecular weight is 432 g/mol. The monoisotopic (exact) mass is 431 g/mol. The third-order valence-electron chi connectivity index (χ3n) is 5.95. The van der Waals surface area contributed by atoms with Gasteiger partial charge in [-0.15, -0.1) is 0 Å². The molecular weight excluding hydrogens is 410 g/mol. The van der Waals surface area contributed by atoms with Crippen molar-refractivity contribution in [3.8, 4) is 16.8 Å². The third kappa shape index (κ3) is 3.64. The molecule has 0 unspecified atom stereocenters. The van der Waals surface area contributed by atoms with Crippen LogP contribution in [-0.2, 0) is 4.79 Å². The summed E-state index contributed by atoms with van der Waals surface area (Å²) < 4.78 is 2.08. The zero-order valence-corrected chi connectivity index (χ0v) is 17.7. The topological polar surface area (TPSA) is 77.0 Å². The van der Waals surface area contributed by atoms with E-state index in [0.717, 1.165) is 59.6 Å². The van der Waals surface area contributed by atoms with E-state index >= 15 is 0 Å². The first kappa shape index (κ1) is 19.6. The SMILES string of the molecule is NC(=O)C1CCN(c2ncnc3c2c(-c2ccccc2)cn3-c2ccc(Cl)cc2)CC1. The summed E-state index contributed by atoms with van der Waals surface area (Å²) in [6.45, 7) is 1.47. The van der Waals surface area contributed by atoms with Crippen LogP contribution in [0.1, 0.15) is 12.8 Å². The highest BCUT2D eigenvalue weighted by Crippen LogP contribution is 2.37. The van der Waals surface area contributed by atoms with Crippen LogP contribution in [0, 0.1) is 5.92 Å². The Kier molecular flexibility index (Phi) is 5.08. The predicted molar refractivity (Wildman–Crippen MR) is 123 cm³/mol. The molecule has 1 fully saturated rings. The van der Waals surface area contributed by atoms with Gasteiger partial charge in [0.25, 0.3) is 0 Å². The van der Waals surface area contributed by atoms with Crippen molar-refractivity contribution in [2.24, 2.45) is 11.7 Å². The second kappa shape index (κ2) is 8.04. The van der Waals surface area contributed by atoms with Gasteiger partial charge < -0.3 is 15.2 Å². The standard InChI is InChI=1S/C24H22ClN5O/c25-18-6-8-19(9-7-18)30-14-20(16-4-2-1-3-5-16)21-23(27-15-28-24(21)30)29-12-10-17(11-13-29)22(26)31/h1-9,14-15,17H,10-13H2,(H2,26,31). The quantitative estimate of drug-likeness (QED) is 0.518. The van der Waals surface area contributed by atoms with Crippen molar-refractivity contribution in [1.29, 1.82) is 0 Å². The largest absolute Gasteiger partial charge is 0.369 e. The van der Waals surface area contributed by atoms with Crippen LogP contribution < -0.4 is 10.6 Å². The second-order valence-corrected chi connectivity index (χ2v) is 8.25. The van der Waals surface area contributed by atoms with Gasteiger partial charge in [-0.25, -0.2) is 9.97 Å². The van der Waals surface area contributed by atoms with Gasteiger partial charge in [-0.3, -0.25) is 4.79 Å². The average Bonchev–Trinajstić information content (AvgIpc) is 3.20. The molecule has 1 amide bonds. The molecule has 2 N–H and O–H groups in total. The van der Waals surface area contributed by atoms with Gasteiger partial charge in [0.15, 0.2) is 5.65 Å². The molecule has 0 spiro atoms. The molecule has 0 saturated carbocycles. The molecular formula is C24H22ClN5O. The predicted octanol–water partition coefficient (Wildman–Crippen LogP) is 4.44. The van der Waals surface area contributed by atoms with Gasteiger partial charge in [0.1, 0.15) is 12.1 Å². The number of carbonyl (C=O) groups excluding carboxylic acids is 1. The molecule has 0 aliphatic carbocycles. The van der Waals surface area contributed by atoms with Gasteiger partial charge in [-0.05, 0) is 42.7 Å². The van der Waals surface area contributed by atoms with Crippen molar-refractivity contribution >= 4 is 34.4 Å². The molecule has 156 valence electrons. The van der Waals surface area contributed by atoms with Crippen LogP contribution in [0.15, 0.2) is 67.1 Å². The number of fused-ring (bicyclic) bond motifs is 1. The Morgan fingerprint density at radius 3 is 2.39 bits per heavy atom. The normalized spacial score (nSPS) is 14.8. The molecule has 6 nitrogen and oxygen atoms in total. The number of amides is 1. The van der Waals surface area contributed by atoms with E-state index < -0.39 is 0 Å². The maximum absolute atomic E-state index is 11.6. The zero-order chi connectivity index (χ0) is 21.4. The van der Waals surface area contributed by atoms with Gasteiger partial charge >= 0.3 is 0 Å². The number of carbonyl (C=O) groups is 1. The van der Waals surface area contributed by atoms with Gasteiger partial charge in [0.2, 0.25) is 5.91 Å². The van der Waals surface area contributed by atoms with E-state index in [1.54, 1.807) is 6.33 Å². The summed E-state index contributed by atoms with van der Waals surface area (Å²) in [4.78, 5) is 23.2. The minimum absolute atomic E-state index is 0.0687. The molecule has 4 aromatic rings. The smallest absolute Gasteiger partial charge is 0.220 e. The summed E-state index contributed by atoms with van der Waals surface area (Å²) in [5.74, 6) is 0.603. The number of halogens is 1. The Balaban J connectivity index is 1.67. The Labute approximate surface area is 185 Å². The lowest BCUT2D eigenvalue weighted by Gasteiger charge is -2.31. The van der Waals surface area contributed by atoms with E-state index in [2.05, 4.69) is 37.8 Å². The molecule has 31 heavy (non-hydrogen) atoms. The lowest BCUT2D eigenvalue weighted by molar-refractivity contribution is -0.122. The fourth-order valence-corrected chi connectivity index (χ4v) is 4.42. The van der Waals surface area contributed by atoms with Crippen LogP contribution in [0.25, 0.3) is 27.8 Å². The highest BCUT2D eigenvalue weighted by molar-refractivity contribution is 6.30. The molecule has 1 saturated heterocycles. The van der Waals surface area contributed by atoms with Crippen LogP contribution in [0.3, 0.4) is 0 Å². The number of hydrogen-bond acceptors (Lipinski definition) is 4. The van der Waals surface area contributed by atoms with Gasteiger partial charge in [0, 0.05) is 41.5 Å². The number of anilines is 1.